The first-order valence-electron chi connectivity index (χ1n) is 5.03. The molecule has 0 saturated heterocycles. The Kier molecular flexibility index (Phi) is 4.10. The summed E-state index contributed by atoms with van der Waals surface area (Å²) < 4.78 is 4.65. The number of hydrogen-bond acceptors (Lipinski definition) is 5. The number of anilines is 2. The van der Waals surface area contributed by atoms with Crippen molar-refractivity contribution in [3.8, 4) is 0 Å². The molecule has 0 aliphatic rings. The maximum Gasteiger partial charge on any atom is 0.327 e. The predicted octanol–water partition coefficient (Wildman–Crippen LogP) is 1.12. The number of rotatable bonds is 4. The maximum absolute atomic E-state index is 11.3. The molecule has 1 atom stereocenters. The number of nitrogens with zero attached hydrogens (tertiary/aromatic N) is 2. The van der Waals surface area contributed by atoms with Crippen molar-refractivity contribution in [2.75, 3.05) is 31.4 Å². The fraction of sp³-hybridized carbons (Fsp3) is 0.455. The summed E-state index contributed by atoms with van der Waals surface area (Å²) in [5, 5.41) is 3.06. The van der Waals surface area contributed by atoms with Crippen LogP contribution in [0.2, 0.25) is 0 Å². The van der Waals surface area contributed by atoms with Crippen LogP contribution < -0.4 is 10.2 Å². The van der Waals surface area contributed by atoms with Crippen LogP contribution in [0.3, 0.4) is 0 Å². The predicted molar refractivity (Wildman–Crippen MR) is 63.7 cm³/mol. The number of esters is 1. The van der Waals surface area contributed by atoms with Crippen LogP contribution in [-0.2, 0) is 9.53 Å². The van der Waals surface area contributed by atoms with Gasteiger partial charge in [-0.2, -0.15) is 0 Å². The van der Waals surface area contributed by atoms with Gasteiger partial charge in [-0.15, -0.1) is 0 Å². The van der Waals surface area contributed by atoms with E-state index in [0.717, 1.165) is 11.5 Å². The second kappa shape index (κ2) is 5.34. The van der Waals surface area contributed by atoms with Gasteiger partial charge in [0.05, 0.1) is 12.8 Å². The molecular weight excluding hydrogens is 206 g/mol. The minimum atomic E-state index is -0.395. The monoisotopic (exact) mass is 223 g/mol. The minimum Gasteiger partial charge on any atom is -0.467 e. The van der Waals surface area contributed by atoms with Crippen molar-refractivity contribution < 1.29 is 9.53 Å². The van der Waals surface area contributed by atoms with E-state index in [1.165, 1.54) is 7.11 Å². The van der Waals surface area contributed by atoms with Gasteiger partial charge < -0.3 is 15.0 Å². The summed E-state index contributed by atoms with van der Waals surface area (Å²) >= 11 is 0. The van der Waals surface area contributed by atoms with E-state index in [1.54, 1.807) is 13.1 Å². The van der Waals surface area contributed by atoms with E-state index < -0.39 is 6.04 Å². The molecule has 0 aliphatic carbocycles. The highest BCUT2D eigenvalue weighted by Crippen LogP contribution is 2.21. The normalized spacial score (nSPS) is 11.8. The lowest BCUT2D eigenvalue weighted by Gasteiger charge is -2.19. The first-order valence-corrected chi connectivity index (χ1v) is 5.03. The van der Waals surface area contributed by atoms with Crippen molar-refractivity contribution >= 4 is 17.5 Å². The molecule has 88 valence electrons. The average molecular weight is 223 g/mol. The Morgan fingerprint density at radius 3 is 2.81 bits per heavy atom. The third-order valence-corrected chi connectivity index (χ3v) is 2.14. The van der Waals surface area contributed by atoms with Crippen LogP contribution in [0.5, 0.6) is 0 Å². The van der Waals surface area contributed by atoms with Crippen molar-refractivity contribution in [3.05, 3.63) is 18.3 Å². The quantitative estimate of drug-likeness (QED) is 0.775. The number of carbonyl (C=O) groups excluding carboxylic acids is 1. The van der Waals surface area contributed by atoms with Gasteiger partial charge in [-0.25, -0.2) is 9.78 Å². The Labute approximate surface area is 95.4 Å². The first-order chi connectivity index (χ1) is 7.56. The molecule has 1 heterocycles. The Balaban J connectivity index is 2.84. The Morgan fingerprint density at radius 1 is 1.56 bits per heavy atom. The second-order valence-electron chi connectivity index (χ2n) is 3.66. The summed E-state index contributed by atoms with van der Waals surface area (Å²) in [5.74, 6) is 0.492. The summed E-state index contributed by atoms with van der Waals surface area (Å²) in [7, 11) is 5.17. The van der Waals surface area contributed by atoms with E-state index in [2.05, 4.69) is 15.0 Å². The van der Waals surface area contributed by atoms with Gasteiger partial charge in [0.2, 0.25) is 0 Å². The molecule has 0 bridgehead atoms. The molecule has 1 rings (SSSR count). The Bertz CT molecular complexity index is 366. The highest BCUT2D eigenvalue weighted by Gasteiger charge is 2.15. The number of ether oxygens (including phenoxy) is 1. The third-order valence-electron chi connectivity index (χ3n) is 2.14. The van der Waals surface area contributed by atoms with E-state index in [1.807, 2.05) is 31.1 Å². The molecule has 5 nitrogen and oxygen atoms in total. The lowest BCUT2D eigenvalue weighted by atomic mass is 10.3. The van der Waals surface area contributed by atoms with E-state index in [9.17, 15) is 4.79 Å². The number of carbonyl (C=O) groups is 1. The molecule has 0 saturated carbocycles. The molecule has 0 fully saturated rings. The SMILES string of the molecule is COC(=O)C(C)Nc1cccnc1N(C)C. The Hall–Kier alpha value is -1.78. The summed E-state index contributed by atoms with van der Waals surface area (Å²) in [6.45, 7) is 1.75. The van der Waals surface area contributed by atoms with Crippen LogP contribution in [0.15, 0.2) is 18.3 Å². The van der Waals surface area contributed by atoms with Gasteiger partial charge in [-0.3, -0.25) is 0 Å². The molecule has 0 spiro atoms. The molecule has 1 aromatic rings. The second-order valence-corrected chi connectivity index (χ2v) is 3.66. The van der Waals surface area contributed by atoms with Crippen molar-refractivity contribution in [1.82, 2.24) is 4.98 Å². The molecular formula is C11H17N3O2. The Morgan fingerprint density at radius 2 is 2.25 bits per heavy atom. The van der Waals surface area contributed by atoms with Gasteiger partial charge in [0.1, 0.15) is 6.04 Å². The fourth-order valence-electron chi connectivity index (χ4n) is 1.33. The highest BCUT2D eigenvalue weighted by atomic mass is 16.5. The number of aromatic nitrogens is 1. The zero-order chi connectivity index (χ0) is 12.1. The van der Waals surface area contributed by atoms with Gasteiger partial charge >= 0.3 is 5.97 Å². The first kappa shape index (κ1) is 12.3. The topological polar surface area (TPSA) is 54.5 Å². The van der Waals surface area contributed by atoms with Gasteiger partial charge in [-0.1, -0.05) is 0 Å². The van der Waals surface area contributed by atoms with E-state index >= 15 is 0 Å². The summed E-state index contributed by atoms with van der Waals surface area (Å²) in [4.78, 5) is 17.4. The van der Waals surface area contributed by atoms with Crippen molar-refractivity contribution in [2.45, 2.75) is 13.0 Å². The van der Waals surface area contributed by atoms with E-state index in [4.69, 9.17) is 0 Å². The van der Waals surface area contributed by atoms with Crippen LogP contribution in [0.1, 0.15) is 6.92 Å². The molecule has 16 heavy (non-hydrogen) atoms. The van der Waals surface area contributed by atoms with Crippen LogP contribution in [0.4, 0.5) is 11.5 Å². The number of methoxy groups -OCH3 is 1. The summed E-state index contributed by atoms with van der Waals surface area (Å²) in [6, 6.07) is 3.30. The minimum absolute atomic E-state index is 0.298. The number of pyridine rings is 1. The molecule has 0 aromatic carbocycles. The highest BCUT2D eigenvalue weighted by molar-refractivity contribution is 5.80. The maximum atomic E-state index is 11.3. The van der Waals surface area contributed by atoms with Crippen LogP contribution in [0.25, 0.3) is 0 Å². The summed E-state index contributed by atoms with van der Waals surface area (Å²) in [6.07, 6.45) is 1.71. The van der Waals surface area contributed by atoms with Crippen LogP contribution >= 0.6 is 0 Å². The fourth-order valence-corrected chi connectivity index (χ4v) is 1.33. The third kappa shape index (κ3) is 2.85. The lowest BCUT2D eigenvalue weighted by molar-refractivity contribution is -0.141. The molecule has 0 amide bonds. The molecule has 0 aliphatic heterocycles. The average Bonchev–Trinajstić information content (AvgIpc) is 2.28. The van der Waals surface area contributed by atoms with Gasteiger partial charge in [0.15, 0.2) is 5.82 Å². The molecule has 1 unspecified atom stereocenters. The van der Waals surface area contributed by atoms with E-state index in [0.29, 0.717) is 0 Å². The molecule has 1 N–H and O–H groups in total. The van der Waals surface area contributed by atoms with Crippen molar-refractivity contribution in [2.24, 2.45) is 0 Å². The molecule has 5 heteroatoms. The number of nitrogens with one attached hydrogen (secondary N) is 1. The smallest absolute Gasteiger partial charge is 0.327 e. The van der Waals surface area contributed by atoms with Crippen LogP contribution in [-0.4, -0.2) is 38.2 Å². The largest absolute Gasteiger partial charge is 0.467 e. The van der Waals surface area contributed by atoms with Gasteiger partial charge in [0, 0.05) is 20.3 Å². The zero-order valence-electron chi connectivity index (χ0n) is 10.0. The summed E-state index contributed by atoms with van der Waals surface area (Å²) in [5.41, 5.74) is 0.811. The number of hydrogen-bond donors (Lipinski definition) is 1. The van der Waals surface area contributed by atoms with Crippen molar-refractivity contribution in [3.63, 3.8) is 0 Å². The van der Waals surface area contributed by atoms with Gasteiger partial charge in [0.25, 0.3) is 0 Å². The van der Waals surface area contributed by atoms with Crippen molar-refractivity contribution in [1.29, 1.82) is 0 Å². The molecule has 0 radical (unpaired) electrons. The van der Waals surface area contributed by atoms with Crippen LogP contribution in [0, 0.1) is 0 Å². The zero-order valence-corrected chi connectivity index (χ0v) is 10.0. The lowest BCUT2D eigenvalue weighted by Crippen LogP contribution is -2.28. The molecule has 1 aromatic heterocycles. The van der Waals surface area contributed by atoms with Gasteiger partial charge in [-0.05, 0) is 19.1 Å². The standard InChI is InChI=1S/C11H17N3O2/c1-8(11(15)16-4)13-9-6-5-7-12-10(9)14(2)3/h5-8,13H,1-4H3. The van der Waals surface area contributed by atoms with E-state index in [-0.39, 0.29) is 5.97 Å².